The first-order chi connectivity index (χ1) is 7.45. The number of aliphatic hydroxyl groups excluding tert-OH is 1. The second kappa shape index (κ2) is 5.21. The van der Waals surface area contributed by atoms with Crippen LogP contribution in [0.2, 0.25) is 0 Å². The summed E-state index contributed by atoms with van der Waals surface area (Å²) in [5.74, 6) is 0.855. The highest BCUT2D eigenvalue weighted by Crippen LogP contribution is 2.23. The van der Waals surface area contributed by atoms with Crippen molar-refractivity contribution in [2.75, 3.05) is 11.1 Å². The van der Waals surface area contributed by atoms with Crippen molar-refractivity contribution in [3.63, 3.8) is 0 Å². The summed E-state index contributed by atoms with van der Waals surface area (Å²) in [5.41, 5.74) is 7.48. The van der Waals surface area contributed by atoms with Crippen LogP contribution in [0.1, 0.15) is 32.9 Å². The van der Waals surface area contributed by atoms with Crippen LogP contribution in [0.3, 0.4) is 0 Å². The van der Waals surface area contributed by atoms with E-state index in [1.165, 1.54) is 0 Å². The molecule has 2 unspecified atom stereocenters. The first-order valence-electron chi connectivity index (χ1n) is 5.73. The molecule has 16 heavy (non-hydrogen) atoms. The topological polar surface area (TPSA) is 76.1 Å². The normalized spacial score (nSPS) is 14.8. The summed E-state index contributed by atoms with van der Waals surface area (Å²) in [6.45, 7) is 8.50. The largest absolute Gasteiger partial charge is 0.394 e. The molecule has 0 aliphatic rings. The van der Waals surface area contributed by atoms with Gasteiger partial charge < -0.3 is 16.2 Å². The Hall–Kier alpha value is -1.23. The van der Waals surface area contributed by atoms with Gasteiger partial charge in [0.2, 0.25) is 0 Å². The van der Waals surface area contributed by atoms with E-state index in [4.69, 9.17) is 5.73 Å². The zero-order chi connectivity index (χ0) is 12.3. The molecule has 0 aromatic carbocycles. The van der Waals surface area contributed by atoms with Gasteiger partial charge in [0.25, 0.3) is 0 Å². The Balaban J connectivity index is 2.79. The molecule has 1 aromatic rings. The minimum atomic E-state index is -0.317. The third kappa shape index (κ3) is 2.88. The Kier molecular flexibility index (Phi) is 4.18. The van der Waals surface area contributed by atoms with Crippen LogP contribution < -0.4 is 11.1 Å². The number of hydrogen-bond acceptors (Lipinski definition) is 4. The minimum absolute atomic E-state index is 0.170. The quantitative estimate of drug-likeness (QED) is 0.708. The van der Waals surface area contributed by atoms with Crippen molar-refractivity contribution in [1.82, 2.24) is 9.78 Å². The van der Waals surface area contributed by atoms with Gasteiger partial charge >= 0.3 is 0 Å². The summed E-state index contributed by atoms with van der Waals surface area (Å²) in [5, 5.41) is 16.9. The molecule has 1 rings (SSSR count). The summed E-state index contributed by atoms with van der Waals surface area (Å²) >= 11 is 0. The smallest absolute Gasteiger partial charge is 0.148 e. The lowest BCUT2D eigenvalue weighted by molar-refractivity contribution is 0.179. The summed E-state index contributed by atoms with van der Waals surface area (Å²) in [6.07, 6.45) is 0.371. The lowest BCUT2D eigenvalue weighted by atomic mass is 10.1. The Bertz CT molecular complexity index is 346. The van der Waals surface area contributed by atoms with Crippen LogP contribution in [-0.2, 0) is 6.54 Å². The molecule has 5 nitrogen and oxygen atoms in total. The standard InChI is InChI=1S/C11H22N4O/c1-5-15-11(10(12)9(4)14-15)13-7(2)6-8(3)16/h7-8,13,16H,5-6,12H2,1-4H3. The van der Waals surface area contributed by atoms with Gasteiger partial charge in [-0.05, 0) is 34.1 Å². The molecule has 1 heterocycles. The first kappa shape index (κ1) is 12.8. The molecular formula is C11H22N4O. The Labute approximate surface area is 96.6 Å². The first-order valence-corrected chi connectivity index (χ1v) is 5.73. The molecule has 92 valence electrons. The number of aromatic nitrogens is 2. The number of nitrogens with one attached hydrogen (secondary N) is 1. The van der Waals surface area contributed by atoms with Gasteiger partial charge in [0, 0.05) is 12.6 Å². The summed E-state index contributed by atoms with van der Waals surface area (Å²) < 4.78 is 1.85. The fraction of sp³-hybridized carbons (Fsp3) is 0.727. The molecule has 0 fully saturated rings. The highest BCUT2D eigenvalue weighted by Gasteiger charge is 2.14. The van der Waals surface area contributed by atoms with E-state index in [1.54, 1.807) is 6.92 Å². The fourth-order valence-electron chi connectivity index (χ4n) is 1.78. The lowest BCUT2D eigenvalue weighted by Crippen LogP contribution is -2.23. The molecule has 0 radical (unpaired) electrons. The van der Waals surface area contributed by atoms with Crippen LogP contribution >= 0.6 is 0 Å². The van der Waals surface area contributed by atoms with Crippen molar-refractivity contribution < 1.29 is 5.11 Å². The summed E-state index contributed by atoms with van der Waals surface area (Å²) in [4.78, 5) is 0. The molecule has 1 aromatic heterocycles. The van der Waals surface area contributed by atoms with Gasteiger partial charge in [-0.3, -0.25) is 0 Å². The van der Waals surface area contributed by atoms with Gasteiger partial charge in [0.1, 0.15) is 5.82 Å². The molecule has 0 aliphatic heterocycles. The van der Waals surface area contributed by atoms with Crippen LogP contribution in [0.25, 0.3) is 0 Å². The number of nitrogens with two attached hydrogens (primary N) is 1. The van der Waals surface area contributed by atoms with Crippen molar-refractivity contribution >= 4 is 11.5 Å². The Morgan fingerprint density at radius 1 is 1.50 bits per heavy atom. The van der Waals surface area contributed by atoms with Crippen LogP contribution in [0, 0.1) is 6.92 Å². The average molecular weight is 226 g/mol. The number of aryl methyl sites for hydroxylation is 2. The van der Waals surface area contributed by atoms with Gasteiger partial charge in [-0.1, -0.05) is 0 Å². The Morgan fingerprint density at radius 2 is 2.12 bits per heavy atom. The predicted octanol–water partition coefficient (Wildman–Crippen LogP) is 1.36. The summed E-state index contributed by atoms with van der Waals surface area (Å²) in [6, 6.07) is 0.170. The maximum Gasteiger partial charge on any atom is 0.148 e. The summed E-state index contributed by atoms with van der Waals surface area (Å²) in [7, 11) is 0. The molecule has 0 saturated heterocycles. The fourth-order valence-corrected chi connectivity index (χ4v) is 1.78. The molecule has 0 bridgehead atoms. The van der Waals surface area contributed by atoms with E-state index in [0.29, 0.717) is 12.1 Å². The highest BCUT2D eigenvalue weighted by molar-refractivity contribution is 5.65. The molecule has 0 aliphatic carbocycles. The van der Waals surface area contributed by atoms with Crippen LogP contribution in [0.4, 0.5) is 11.5 Å². The number of rotatable bonds is 5. The number of anilines is 2. The van der Waals surface area contributed by atoms with Crippen molar-refractivity contribution in [1.29, 1.82) is 0 Å². The zero-order valence-corrected chi connectivity index (χ0v) is 10.5. The van der Waals surface area contributed by atoms with Gasteiger partial charge in [-0.25, -0.2) is 4.68 Å². The molecule has 0 amide bonds. The molecule has 0 spiro atoms. The maximum atomic E-state index is 9.31. The van der Waals surface area contributed by atoms with Crippen LogP contribution in [0.5, 0.6) is 0 Å². The number of nitrogen functional groups attached to an aromatic ring is 1. The number of hydrogen-bond donors (Lipinski definition) is 3. The van der Waals surface area contributed by atoms with Crippen molar-refractivity contribution in [3.8, 4) is 0 Å². The van der Waals surface area contributed by atoms with E-state index in [2.05, 4.69) is 10.4 Å². The van der Waals surface area contributed by atoms with Gasteiger partial charge in [-0.15, -0.1) is 0 Å². The second-order valence-electron chi connectivity index (χ2n) is 4.29. The lowest BCUT2D eigenvalue weighted by Gasteiger charge is -2.17. The molecule has 2 atom stereocenters. The second-order valence-corrected chi connectivity index (χ2v) is 4.29. The van der Waals surface area contributed by atoms with E-state index in [-0.39, 0.29) is 12.1 Å². The number of aliphatic hydroxyl groups is 1. The van der Waals surface area contributed by atoms with Crippen molar-refractivity contribution in [3.05, 3.63) is 5.69 Å². The number of nitrogens with zero attached hydrogens (tertiary/aromatic N) is 2. The third-order valence-electron chi connectivity index (χ3n) is 2.55. The molecule has 4 N–H and O–H groups in total. The predicted molar refractivity (Wildman–Crippen MR) is 66.4 cm³/mol. The van der Waals surface area contributed by atoms with Crippen LogP contribution in [-0.4, -0.2) is 27.0 Å². The van der Waals surface area contributed by atoms with E-state index in [9.17, 15) is 5.11 Å². The van der Waals surface area contributed by atoms with E-state index in [1.807, 2.05) is 25.5 Å². The van der Waals surface area contributed by atoms with Crippen molar-refractivity contribution in [2.24, 2.45) is 0 Å². The molecule has 5 heteroatoms. The Morgan fingerprint density at radius 3 is 2.62 bits per heavy atom. The maximum absolute atomic E-state index is 9.31. The third-order valence-corrected chi connectivity index (χ3v) is 2.55. The van der Waals surface area contributed by atoms with Crippen molar-refractivity contribution in [2.45, 2.75) is 52.8 Å². The van der Waals surface area contributed by atoms with E-state index < -0.39 is 0 Å². The SMILES string of the molecule is CCn1nc(C)c(N)c1NC(C)CC(C)O. The highest BCUT2D eigenvalue weighted by atomic mass is 16.3. The minimum Gasteiger partial charge on any atom is -0.394 e. The molecular weight excluding hydrogens is 204 g/mol. The van der Waals surface area contributed by atoms with E-state index in [0.717, 1.165) is 18.1 Å². The molecule has 0 saturated carbocycles. The van der Waals surface area contributed by atoms with Gasteiger partial charge in [0.15, 0.2) is 0 Å². The van der Waals surface area contributed by atoms with Gasteiger partial charge in [0.05, 0.1) is 17.5 Å². The monoisotopic (exact) mass is 226 g/mol. The van der Waals surface area contributed by atoms with Gasteiger partial charge in [-0.2, -0.15) is 5.10 Å². The van der Waals surface area contributed by atoms with E-state index >= 15 is 0 Å². The average Bonchev–Trinajstić information content (AvgIpc) is 2.44. The van der Waals surface area contributed by atoms with Crippen LogP contribution in [0.15, 0.2) is 0 Å². The zero-order valence-electron chi connectivity index (χ0n) is 10.5.